The zero-order valence-electron chi connectivity index (χ0n) is 29.1. The fourth-order valence-corrected chi connectivity index (χ4v) is 6.79. The molecule has 1 aliphatic heterocycles. The first-order valence-corrected chi connectivity index (χ1v) is 17.1. The van der Waals surface area contributed by atoms with Gasteiger partial charge in [-0.2, -0.15) is 13.2 Å². The third-order valence-corrected chi connectivity index (χ3v) is 9.50. The molecular weight excluding hydrogens is 707 g/mol. The molecule has 3 aromatic carbocycles. The first-order valence-electron chi connectivity index (χ1n) is 16.7. The number of nitrogens with zero attached hydrogens (tertiary/aromatic N) is 6. The van der Waals surface area contributed by atoms with Gasteiger partial charge in [-0.05, 0) is 66.1 Å². The maximum absolute atomic E-state index is 15.0. The molecule has 0 aliphatic carbocycles. The highest BCUT2D eigenvalue weighted by Crippen LogP contribution is 2.48. The van der Waals surface area contributed by atoms with Crippen LogP contribution in [0.25, 0.3) is 22.2 Å². The van der Waals surface area contributed by atoms with Gasteiger partial charge in [0.15, 0.2) is 5.75 Å². The molecule has 1 aliphatic rings. The Morgan fingerprint density at radius 2 is 1.58 bits per heavy atom. The zero-order valence-corrected chi connectivity index (χ0v) is 29.9. The second-order valence-corrected chi connectivity index (χ2v) is 12.9. The number of benzene rings is 3. The first-order chi connectivity index (χ1) is 25.5. The summed E-state index contributed by atoms with van der Waals surface area (Å²) in [5.41, 5.74) is 7.87. The molecule has 53 heavy (non-hydrogen) atoms. The molecule has 0 saturated carbocycles. The molecule has 4 heterocycles. The number of aromatic nitrogens is 4. The van der Waals surface area contributed by atoms with Crippen LogP contribution >= 0.6 is 11.6 Å². The van der Waals surface area contributed by atoms with E-state index in [0.29, 0.717) is 66.0 Å². The topological polar surface area (TPSA) is 112 Å². The number of ether oxygens (including phenoxy) is 3. The SMILES string of the molecule is COc1ccc(CN(Cc2ccc(OC)cc2)c2cc(C)c(C(F)(F)F)c(-c3cc4ncnc5c4c(c3Cl)OCCN5Cc3cccnc3N)n2)cc1. The third-order valence-electron chi connectivity index (χ3n) is 9.13. The van der Waals surface area contributed by atoms with Crippen molar-refractivity contribution in [2.24, 2.45) is 0 Å². The molecule has 0 unspecified atom stereocenters. The van der Waals surface area contributed by atoms with Crippen molar-refractivity contribution in [1.29, 1.82) is 0 Å². The first kappa shape index (κ1) is 35.6. The average Bonchev–Trinajstić information content (AvgIpc) is 3.33. The van der Waals surface area contributed by atoms with Crippen LogP contribution in [-0.2, 0) is 25.8 Å². The highest BCUT2D eigenvalue weighted by atomic mass is 35.5. The molecule has 6 aromatic rings. The Morgan fingerprint density at radius 3 is 2.19 bits per heavy atom. The van der Waals surface area contributed by atoms with E-state index in [1.807, 2.05) is 64.4 Å². The fourth-order valence-electron chi connectivity index (χ4n) is 6.49. The van der Waals surface area contributed by atoms with Crippen LogP contribution in [0.4, 0.5) is 30.6 Å². The van der Waals surface area contributed by atoms with Crippen molar-refractivity contribution in [3.63, 3.8) is 0 Å². The van der Waals surface area contributed by atoms with Gasteiger partial charge in [-0.3, -0.25) is 0 Å². The fraction of sp³-hybridized carbons (Fsp3) is 0.231. The summed E-state index contributed by atoms with van der Waals surface area (Å²) in [6.45, 7) is 3.03. The number of methoxy groups -OCH3 is 2. The molecule has 3 aromatic heterocycles. The Bertz CT molecular complexity index is 2220. The largest absolute Gasteiger partial charge is 0.497 e. The molecule has 14 heteroatoms. The molecule has 0 atom stereocenters. The van der Waals surface area contributed by atoms with Crippen LogP contribution in [0.15, 0.2) is 85.3 Å². The molecule has 0 bridgehead atoms. The van der Waals surface area contributed by atoms with Crippen molar-refractivity contribution in [2.45, 2.75) is 32.7 Å². The van der Waals surface area contributed by atoms with Gasteiger partial charge in [0, 0.05) is 37.0 Å². The number of aryl methyl sites for hydroxylation is 1. The Labute approximate surface area is 308 Å². The summed E-state index contributed by atoms with van der Waals surface area (Å²) >= 11 is 7.08. The van der Waals surface area contributed by atoms with Gasteiger partial charge < -0.3 is 29.7 Å². The zero-order chi connectivity index (χ0) is 37.3. The van der Waals surface area contributed by atoms with Crippen molar-refractivity contribution >= 4 is 40.0 Å². The number of rotatable bonds is 10. The number of pyridine rings is 2. The quantitative estimate of drug-likeness (QED) is 0.147. The highest BCUT2D eigenvalue weighted by molar-refractivity contribution is 6.36. The van der Waals surface area contributed by atoms with Gasteiger partial charge in [0.25, 0.3) is 0 Å². The number of halogens is 4. The van der Waals surface area contributed by atoms with Gasteiger partial charge in [-0.15, -0.1) is 0 Å². The lowest BCUT2D eigenvalue weighted by Gasteiger charge is -2.27. The van der Waals surface area contributed by atoms with Crippen LogP contribution in [0.3, 0.4) is 0 Å². The van der Waals surface area contributed by atoms with E-state index in [1.165, 1.54) is 25.4 Å². The molecule has 0 radical (unpaired) electrons. The van der Waals surface area contributed by atoms with E-state index in [2.05, 4.69) is 15.0 Å². The van der Waals surface area contributed by atoms with Gasteiger partial charge in [-0.25, -0.2) is 19.9 Å². The van der Waals surface area contributed by atoms with Crippen LogP contribution in [-0.4, -0.2) is 47.3 Å². The van der Waals surface area contributed by atoms with Crippen molar-refractivity contribution in [1.82, 2.24) is 19.9 Å². The molecule has 272 valence electrons. The summed E-state index contributed by atoms with van der Waals surface area (Å²) in [4.78, 5) is 21.9. The minimum atomic E-state index is -4.76. The average molecular weight is 742 g/mol. The standard InChI is InChI=1S/C39H35ClF3N7O3/c1-23-17-31(50(19-24-6-10-27(51-2)11-7-24)20-25-8-12-28(52-3)13-9-25)48-35(33(23)39(41,42)43)29-18-30-32-36(34(29)40)53-16-15-49(38(32)47-22-46-30)21-26-5-4-14-45-37(26)44/h4-14,17-18,22H,15-16,19-21H2,1-3H3,(H2,44,45). The number of anilines is 3. The van der Waals surface area contributed by atoms with Crippen LogP contribution in [0, 0.1) is 6.92 Å². The Balaban J connectivity index is 1.37. The summed E-state index contributed by atoms with van der Waals surface area (Å²) in [6.07, 6.45) is -1.78. The van der Waals surface area contributed by atoms with Gasteiger partial charge in [-0.1, -0.05) is 41.9 Å². The smallest absolute Gasteiger partial charge is 0.418 e. The van der Waals surface area contributed by atoms with Crippen LogP contribution in [0.1, 0.15) is 27.8 Å². The van der Waals surface area contributed by atoms with Crippen LogP contribution in [0.2, 0.25) is 5.02 Å². The van der Waals surface area contributed by atoms with Crippen LogP contribution < -0.4 is 29.7 Å². The van der Waals surface area contributed by atoms with E-state index >= 15 is 13.2 Å². The molecule has 0 amide bonds. The molecule has 0 saturated heterocycles. The van der Waals surface area contributed by atoms with Gasteiger partial charge in [0.2, 0.25) is 0 Å². The summed E-state index contributed by atoms with van der Waals surface area (Å²) in [6, 6.07) is 21.6. The molecule has 0 spiro atoms. The van der Waals surface area contributed by atoms with Crippen molar-refractivity contribution in [3.8, 4) is 28.5 Å². The number of hydrogen-bond donors (Lipinski definition) is 1. The monoisotopic (exact) mass is 741 g/mol. The Kier molecular flexibility index (Phi) is 9.84. The van der Waals surface area contributed by atoms with Crippen molar-refractivity contribution < 1.29 is 27.4 Å². The summed E-state index contributed by atoms with van der Waals surface area (Å²) in [5.74, 6) is 2.77. The van der Waals surface area contributed by atoms with E-state index in [-0.39, 0.29) is 34.2 Å². The molecule has 0 fully saturated rings. The number of nitrogens with two attached hydrogens (primary N) is 1. The van der Waals surface area contributed by atoms with Crippen LogP contribution in [0.5, 0.6) is 17.2 Å². The van der Waals surface area contributed by atoms with E-state index in [4.69, 9.17) is 36.5 Å². The third kappa shape index (κ3) is 7.29. The molecule has 10 nitrogen and oxygen atoms in total. The molecule has 7 rings (SSSR count). The van der Waals surface area contributed by atoms with Crippen molar-refractivity contribution in [3.05, 3.63) is 118 Å². The highest BCUT2D eigenvalue weighted by Gasteiger charge is 2.39. The maximum atomic E-state index is 15.0. The predicted octanol–water partition coefficient (Wildman–Crippen LogP) is 8.27. The summed E-state index contributed by atoms with van der Waals surface area (Å²) < 4.78 is 61.9. The van der Waals surface area contributed by atoms with Gasteiger partial charge in [0.05, 0.1) is 47.9 Å². The maximum Gasteiger partial charge on any atom is 0.418 e. The number of alkyl halides is 3. The predicted molar refractivity (Wildman–Crippen MR) is 199 cm³/mol. The molecular formula is C39H35ClF3N7O3. The second kappa shape index (κ2) is 14.7. The van der Waals surface area contributed by atoms with E-state index in [0.717, 1.165) is 16.7 Å². The molecule has 2 N–H and O–H groups in total. The van der Waals surface area contributed by atoms with Gasteiger partial charge in [0.1, 0.15) is 41.9 Å². The Hall–Kier alpha value is -5.82. The second-order valence-electron chi connectivity index (χ2n) is 12.5. The van der Waals surface area contributed by atoms with E-state index in [9.17, 15) is 0 Å². The number of hydrogen-bond acceptors (Lipinski definition) is 10. The number of nitrogen functional groups attached to an aromatic ring is 1. The summed E-state index contributed by atoms with van der Waals surface area (Å²) in [7, 11) is 3.17. The minimum Gasteiger partial charge on any atom is -0.497 e. The normalized spacial score (nSPS) is 12.7. The summed E-state index contributed by atoms with van der Waals surface area (Å²) in [5, 5.41) is 0.450. The van der Waals surface area contributed by atoms with Gasteiger partial charge >= 0.3 is 6.18 Å². The van der Waals surface area contributed by atoms with Crippen molar-refractivity contribution in [2.75, 3.05) is 42.9 Å². The van der Waals surface area contributed by atoms with E-state index < -0.39 is 11.7 Å². The Morgan fingerprint density at radius 1 is 0.925 bits per heavy atom. The lowest BCUT2D eigenvalue weighted by molar-refractivity contribution is -0.137. The lowest BCUT2D eigenvalue weighted by Crippen LogP contribution is -2.27. The lowest BCUT2D eigenvalue weighted by atomic mass is 9.98. The van der Waals surface area contributed by atoms with E-state index in [1.54, 1.807) is 26.5 Å². The minimum absolute atomic E-state index is 0.0153.